The van der Waals surface area contributed by atoms with E-state index in [1.807, 2.05) is 4.90 Å². The van der Waals surface area contributed by atoms with E-state index in [4.69, 9.17) is 17.0 Å². The summed E-state index contributed by atoms with van der Waals surface area (Å²) in [5, 5.41) is 5.81. The molecule has 3 rings (SSSR count). The second-order valence-corrected chi connectivity index (χ2v) is 6.86. The summed E-state index contributed by atoms with van der Waals surface area (Å²) in [6.07, 6.45) is 0.427. The van der Waals surface area contributed by atoms with Crippen molar-refractivity contribution in [1.29, 1.82) is 0 Å². The Morgan fingerprint density at radius 1 is 1.23 bits per heavy atom. The van der Waals surface area contributed by atoms with Crippen LogP contribution in [0.15, 0.2) is 6.07 Å². The van der Waals surface area contributed by atoms with Crippen LogP contribution in [0.3, 0.4) is 0 Å². The second kappa shape index (κ2) is 8.34. The molecule has 3 heterocycles. The van der Waals surface area contributed by atoms with Gasteiger partial charge in [0.2, 0.25) is 5.95 Å². The molecule has 0 amide bonds. The first-order valence-electron chi connectivity index (χ1n) is 8.79. The monoisotopic (exact) mass is 389 g/mol. The van der Waals surface area contributed by atoms with Crippen LogP contribution in [-0.4, -0.2) is 47.4 Å². The van der Waals surface area contributed by atoms with Crippen LogP contribution in [0, 0.1) is 0 Å². The van der Waals surface area contributed by atoms with E-state index < -0.39 is 11.9 Å². The number of alkyl halides is 3. The number of aromatic nitrogens is 2. The molecule has 0 aliphatic carbocycles. The molecule has 10 heteroatoms. The first-order chi connectivity index (χ1) is 12.4. The van der Waals surface area contributed by atoms with E-state index in [1.165, 1.54) is 0 Å². The smallest absolute Gasteiger partial charge is 0.376 e. The van der Waals surface area contributed by atoms with Gasteiger partial charge in [-0.15, -0.1) is 0 Å². The standard InChI is InChI=1S/C16H22F3N5OS/c17-16(18,19)12-9-13(24-6-2-1-3-7-24)22-14(21-12)23-15(26)20-10-11-5-4-8-25-11/h9,11H,1-8,10H2,(H2,20,21,22,23,26)/t11-/m1/s1. The first kappa shape index (κ1) is 19.1. The number of halogens is 3. The average Bonchev–Trinajstić information content (AvgIpc) is 3.13. The molecule has 0 aromatic carbocycles. The largest absolute Gasteiger partial charge is 0.433 e. The van der Waals surface area contributed by atoms with Gasteiger partial charge < -0.3 is 20.3 Å². The van der Waals surface area contributed by atoms with E-state index in [9.17, 15) is 13.2 Å². The predicted octanol–water partition coefficient (Wildman–Crippen LogP) is 2.95. The molecular formula is C16H22F3N5OS. The van der Waals surface area contributed by atoms with Gasteiger partial charge in [-0.05, 0) is 44.3 Å². The Labute approximate surface area is 155 Å². The summed E-state index contributed by atoms with van der Waals surface area (Å²) < 4.78 is 45.1. The third-order valence-corrected chi connectivity index (χ3v) is 4.67. The Morgan fingerprint density at radius 2 is 2.00 bits per heavy atom. The van der Waals surface area contributed by atoms with Crippen molar-refractivity contribution in [3.63, 3.8) is 0 Å². The van der Waals surface area contributed by atoms with Gasteiger partial charge in [0.05, 0.1) is 6.10 Å². The van der Waals surface area contributed by atoms with Crippen molar-refractivity contribution in [3.8, 4) is 0 Å². The molecule has 2 fully saturated rings. The Kier molecular flexibility index (Phi) is 6.13. The van der Waals surface area contributed by atoms with E-state index in [2.05, 4.69) is 20.6 Å². The van der Waals surface area contributed by atoms with Gasteiger partial charge in [0.15, 0.2) is 10.8 Å². The van der Waals surface area contributed by atoms with Gasteiger partial charge in [-0.3, -0.25) is 0 Å². The minimum Gasteiger partial charge on any atom is -0.376 e. The van der Waals surface area contributed by atoms with Crippen molar-refractivity contribution in [3.05, 3.63) is 11.8 Å². The Morgan fingerprint density at radius 3 is 2.65 bits per heavy atom. The van der Waals surface area contributed by atoms with Crippen molar-refractivity contribution in [2.45, 2.75) is 44.4 Å². The number of rotatable bonds is 4. The average molecular weight is 389 g/mol. The summed E-state index contributed by atoms with van der Waals surface area (Å²) in [6.45, 7) is 2.61. The Balaban J connectivity index is 1.70. The minimum atomic E-state index is -4.54. The zero-order valence-corrected chi connectivity index (χ0v) is 15.1. The second-order valence-electron chi connectivity index (χ2n) is 6.45. The highest BCUT2D eigenvalue weighted by Crippen LogP contribution is 2.31. The highest BCUT2D eigenvalue weighted by molar-refractivity contribution is 7.80. The minimum absolute atomic E-state index is 0.0705. The maximum Gasteiger partial charge on any atom is 0.433 e. The van der Waals surface area contributed by atoms with Gasteiger partial charge in [0.25, 0.3) is 0 Å². The Hall–Kier alpha value is -1.68. The summed E-state index contributed by atoms with van der Waals surface area (Å²) >= 11 is 5.15. The van der Waals surface area contributed by atoms with Gasteiger partial charge >= 0.3 is 6.18 Å². The number of hydrogen-bond acceptors (Lipinski definition) is 5. The van der Waals surface area contributed by atoms with Gasteiger partial charge in [-0.1, -0.05) is 0 Å². The van der Waals surface area contributed by atoms with E-state index in [0.29, 0.717) is 19.6 Å². The van der Waals surface area contributed by atoms with Crippen LogP contribution in [-0.2, 0) is 10.9 Å². The van der Waals surface area contributed by atoms with Crippen LogP contribution in [0.4, 0.5) is 24.9 Å². The molecular weight excluding hydrogens is 367 g/mol. The fraction of sp³-hybridized carbons (Fsp3) is 0.688. The molecule has 0 spiro atoms. The fourth-order valence-corrected chi connectivity index (χ4v) is 3.25. The molecule has 0 bridgehead atoms. The molecule has 0 saturated carbocycles. The third-order valence-electron chi connectivity index (χ3n) is 4.42. The number of hydrogen-bond donors (Lipinski definition) is 2. The van der Waals surface area contributed by atoms with Crippen LogP contribution in [0.2, 0.25) is 0 Å². The number of nitrogens with zero attached hydrogens (tertiary/aromatic N) is 3. The lowest BCUT2D eigenvalue weighted by Gasteiger charge is -2.28. The van der Waals surface area contributed by atoms with Crippen LogP contribution in [0.25, 0.3) is 0 Å². The first-order valence-corrected chi connectivity index (χ1v) is 9.20. The van der Waals surface area contributed by atoms with Crippen molar-refractivity contribution in [2.24, 2.45) is 0 Å². The van der Waals surface area contributed by atoms with Crippen molar-refractivity contribution in [2.75, 3.05) is 36.5 Å². The third kappa shape index (κ3) is 5.16. The van der Waals surface area contributed by atoms with E-state index in [1.54, 1.807) is 0 Å². The van der Waals surface area contributed by atoms with Crippen LogP contribution in [0.1, 0.15) is 37.8 Å². The number of nitrogens with one attached hydrogen (secondary N) is 2. The number of piperidine rings is 1. The molecule has 2 aliphatic heterocycles. The molecule has 26 heavy (non-hydrogen) atoms. The fourth-order valence-electron chi connectivity index (χ4n) is 3.08. The van der Waals surface area contributed by atoms with E-state index in [-0.39, 0.29) is 23.0 Å². The van der Waals surface area contributed by atoms with Gasteiger partial charge in [0, 0.05) is 32.3 Å². The lowest BCUT2D eigenvalue weighted by molar-refractivity contribution is -0.141. The molecule has 144 valence electrons. The highest BCUT2D eigenvalue weighted by Gasteiger charge is 2.34. The van der Waals surface area contributed by atoms with Crippen molar-refractivity contribution >= 4 is 29.1 Å². The molecule has 6 nitrogen and oxygen atoms in total. The van der Waals surface area contributed by atoms with Crippen LogP contribution in [0.5, 0.6) is 0 Å². The predicted molar refractivity (Wildman–Crippen MR) is 96.3 cm³/mol. The van der Waals surface area contributed by atoms with Crippen molar-refractivity contribution in [1.82, 2.24) is 15.3 Å². The van der Waals surface area contributed by atoms with Gasteiger partial charge in [-0.2, -0.15) is 18.2 Å². The van der Waals surface area contributed by atoms with E-state index >= 15 is 0 Å². The highest BCUT2D eigenvalue weighted by atomic mass is 32.1. The number of anilines is 2. The summed E-state index contributed by atoms with van der Waals surface area (Å²) in [5.74, 6) is 0.127. The maximum atomic E-state index is 13.2. The zero-order valence-electron chi connectivity index (χ0n) is 14.3. The molecule has 1 aromatic heterocycles. The van der Waals surface area contributed by atoms with E-state index in [0.717, 1.165) is 44.8 Å². The molecule has 1 aromatic rings. The molecule has 2 aliphatic rings. The molecule has 2 N–H and O–H groups in total. The van der Waals surface area contributed by atoms with Crippen LogP contribution >= 0.6 is 12.2 Å². The molecule has 0 unspecified atom stereocenters. The summed E-state index contributed by atoms with van der Waals surface area (Å²) in [4.78, 5) is 9.68. The molecule has 2 saturated heterocycles. The molecule has 0 radical (unpaired) electrons. The lowest BCUT2D eigenvalue weighted by Crippen LogP contribution is -2.36. The maximum absolute atomic E-state index is 13.2. The van der Waals surface area contributed by atoms with Gasteiger partial charge in [0.1, 0.15) is 5.82 Å². The topological polar surface area (TPSA) is 62.3 Å². The summed E-state index contributed by atoms with van der Waals surface area (Å²) in [5.41, 5.74) is -0.975. The summed E-state index contributed by atoms with van der Waals surface area (Å²) in [7, 11) is 0. The number of ether oxygens (including phenoxy) is 1. The lowest BCUT2D eigenvalue weighted by atomic mass is 10.1. The van der Waals surface area contributed by atoms with Crippen LogP contribution < -0.4 is 15.5 Å². The zero-order chi connectivity index (χ0) is 18.6. The Bertz CT molecular complexity index is 631. The number of thiocarbonyl (C=S) groups is 1. The summed E-state index contributed by atoms with van der Waals surface area (Å²) in [6, 6.07) is 0.999. The van der Waals surface area contributed by atoms with Crippen molar-refractivity contribution < 1.29 is 17.9 Å². The normalized spacial score (nSPS) is 20.9. The quantitative estimate of drug-likeness (QED) is 0.768. The van der Waals surface area contributed by atoms with Gasteiger partial charge in [-0.25, -0.2) is 4.98 Å². The SMILES string of the molecule is FC(F)(F)c1cc(N2CCCCC2)nc(NC(=S)NC[C@H]2CCCO2)n1. The molecule has 1 atom stereocenters.